The molecule has 0 N–H and O–H groups in total. The number of hydrogen-bond donors (Lipinski definition) is 0. The van der Waals surface area contributed by atoms with E-state index in [-0.39, 0.29) is 0 Å². The Morgan fingerprint density at radius 3 is 2.45 bits per heavy atom. The van der Waals surface area contributed by atoms with Crippen molar-refractivity contribution >= 4 is 11.8 Å². The molecule has 0 spiro atoms. The third-order valence-electron chi connectivity index (χ3n) is 4.80. The average Bonchev–Trinajstić information content (AvgIpc) is 3.45. The Morgan fingerprint density at radius 2 is 1.77 bits per heavy atom. The molecule has 0 aliphatic carbocycles. The molecule has 0 fully saturated rings. The first-order chi connectivity index (χ1) is 15.2. The SMILES string of the molecule is Cc1ccc(Sc2c(-c3ccc(-c4nnco4)cc3)nc(-c3ccccn3)n2C)cn1. The van der Waals surface area contributed by atoms with E-state index >= 15 is 0 Å². The molecular weight excluding hydrogens is 408 g/mol. The summed E-state index contributed by atoms with van der Waals surface area (Å²) in [5, 5.41) is 8.73. The van der Waals surface area contributed by atoms with Crippen LogP contribution in [0.5, 0.6) is 0 Å². The minimum Gasteiger partial charge on any atom is -0.423 e. The summed E-state index contributed by atoms with van der Waals surface area (Å²) in [7, 11) is 2.01. The minimum absolute atomic E-state index is 0.488. The number of hydrogen-bond acceptors (Lipinski definition) is 7. The highest BCUT2D eigenvalue weighted by molar-refractivity contribution is 7.99. The summed E-state index contributed by atoms with van der Waals surface area (Å²) in [6.45, 7) is 1.98. The predicted octanol–water partition coefficient (Wildman–Crippen LogP) is 5.05. The molecular formula is C23H18N6OS. The Labute approximate surface area is 183 Å². The monoisotopic (exact) mass is 426 g/mol. The average molecular weight is 427 g/mol. The molecule has 7 nitrogen and oxygen atoms in total. The second kappa shape index (κ2) is 8.16. The summed E-state index contributed by atoms with van der Waals surface area (Å²) in [5.74, 6) is 1.29. The van der Waals surface area contributed by atoms with Gasteiger partial charge in [0.15, 0.2) is 5.82 Å². The first-order valence-corrected chi connectivity index (χ1v) is 10.5. The number of benzene rings is 1. The van der Waals surface area contributed by atoms with Gasteiger partial charge in [-0.25, -0.2) is 4.98 Å². The molecule has 5 rings (SSSR count). The van der Waals surface area contributed by atoms with E-state index in [4.69, 9.17) is 9.40 Å². The van der Waals surface area contributed by atoms with E-state index in [1.54, 1.807) is 18.0 Å². The normalized spacial score (nSPS) is 11.0. The molecule has 8 heteroatoms. The van der Waals surface area contributed by atoms with Crippen molar-refractivity contribution in [2.45, 2.75) is 16.8 Å². The van der Waals surface area contributed by atoms with Gasteiger partial charge in [0.05, 0.1) is 0 Å². The topological polar surface area (TPSA) is 82.5 Å². The molecule has 0 bridgehead atoms. The summed E-state index contributed by atoms with van der Waals surface area (Å²) in [4.78, 5) is 14.9. The van der Waals surface area contributed by atoms with Crippen LogP contribution in [0.2, 0.25) is 0 Å². The van der Waals surface area contributed by atoms with Gasteiger partial charge in [0.2, 0.25) is 12.3 Å². The Bertz CT molecular complexity index is 1300. The highest BCUT2D eigenvalue weighted by atomic mass is 32.2. The molecule has 0 unspecified atom stereocenters. The van der Waals surface area contributed by atoms with Crippen molar-refractivity contribution in [3.05, 3.63) is 79.1 Å². The summed E-state index contributed by atoms with van der Waals surface area (Å²) in [6.07, 6.45) is 4.99. The van der Waals surface area contributed by atoms with Gasteiger partial charge in [-0.3, -0.25) is 9.97 Å². The number of rotatable bonds is 5. The number of pyridine rings is 2. The largest absolute Gasteiger partial charge is 0.423 e. The van der Waals surface area contributed by atoms with Crippen molar-refractivity contribution < 1.29 is 4.42 Å². The summed E-state index contributed by atoms with van der Waals surface area (Å²) in [5.41, 5.74) is 4.54. The van der Waals surface area contributed by atoms with Crippen LogP contribution >= 0.6 is 11.8 Å². The van der Waals surface area contributed by atoms with Gasteiger partial charge in [-0.15, -0.1) is 10.2 Å². The van der Waals surface area contributed by atoms with E-state index in [0.717, 1.165) is 44.0 Å². The summed E-state index contributed by atoms with van der Waals surface area (Å²) >= 11 is 1.63. The van der Waals surface area contributed by atoms with Crippen LogP contribution < -0.4 is 0 Å². The minimum atomic E-state index is 0.488. The van der Waals surface area contributed by atoms with Gasteiger partial charge in [0.1, 0.15) is 16.4 Å². The van der Waals surface area contributed by atoms with Crippen molar-refractivity contribution in [2.75, 3.05) is 0 Å². The maximum atomic E-state index is 5.30. The van der Waals surface area contributed by atoms with E-state index in [9.17, 15) is 0 Å². The van der Waals surface area contributed by atoms with Crippen molar-refractivity contribution in [2.24, 2.45) is 7.05 Å². The number of imidazole rings is 1. The van der Waals surface area contributed by atoms with Crippen LogP contribution in [0.3, 0.4) is 0 Å². The molecule has 4 aromatic heterocycles. The number of nitrogens with zero attached hydrogens (tertiary/aromatic N) is 6. The smallest absolute Gasteiger partial charge is 0.247 e. The molecule has 0 aliphatic rings. The molecule has 0 saturated carbocycles. The molecule has 0 amide bonds. The molecule has 4 heterocycles. The van der Waals surface area contributed by atoms with E-state index in [1.165, 1.54) is 6.39 Å². The maximum absolute atomic E-state index is 5.30. The molecule has 1 aromatic carbocycles. The van der Waals surface area contributed by atoms with Crippen molar-refractivity contribution in [3.63, 3.8) is 0 Å². The van der Waals surface area contributed by atoms with Gasteiger partial charge in [-0.1, -0.05) is 30.0 Å². The standard InChI is InChI=1S/C23H18N6OS/c1-15-6-11-18(13-25-15)31-23-20(27-21(29(23)2)19-5-3-4-12-24-19)16-7-9-17(10-8-16)22-28-26-14-30-22/h3-14H,1-2H3. The molecule has 0 radical (unpaired) electrons. The highest BCUT2D eigenvalue weighted by Gasteiger charge is 2.20. The van der Waals surface area contributed by atoms with E-state index in [1.807, 2.05) is 68.7 Å². The van der Waals surface area contributed by atoms with Crippen LogP contribution in [-0.2, 0) is 7.05 Å². The first kappa shape index (κ1) is 19.2. The van der Waals surface area contributed by atoms with E-state index in [0.29, 0.717) is 5.89 Å². The van der Waals surface area contributed by atoms with Crippen LogP contribution in [0.4, 0.5) is 0 Å². The Hall–Kier alpha value is -3.78. The fraction of sp³-hybridized carbons (Fsp3) is 0.0870. The van der Waals surface area contributed by atoms with Gasteiger partial charge in [0, 0.05) is 41.2 Å². The molecule has 0 atom stereocenters. The van der Waals surface area contributed by atoms with Crippen molar-refractivity contribution in [1.82, 2.24) is 29.7 Å². The van der Waals surface area contributed by atoms with Crippen molar-refractivity contribution in [1.29, 1.82) is 0 Å². The molecule has 5 aromatic rings. The van der Waals surface area contributed by atoms with Crippen LogP contribution in [0.15, 0.2) is 87.7 Å². The third-order valence-corrected chi connectivity index (χ3v) is 5.94. The van der Waals surface area contributed by atoms with Gasteiger partial charge in [-0.05, 0) is 43.3 Å². The lowest BCUT2D eigenvalue weighted by Crippen LogP contribution is -1.96. The lowest BCUT2D eigenvalue weighted by atomic mass is 10.1. The number of aromatic nitrogens is 6. The molecule has 152 valence electrons. The van der Waals surface area contributed by atoms with Crippen molar-refractivity contribution in [3.8, 4) is 34.2 Å². The molecule has 31 heavy (non-hydrogen) atoms. The van der Waals surface area contributed by atoms with Crippen LogP contribution in [0, 0.1) is 6.92 Å². The first-order valence-electron chi connectivity index (χ1n) is 9.64. The van der Waals surface area contributed by atoms with Crippen LogP contribution in [0.1, 0.15) is 5.69 Å². The fourth-order valence-corrected chi connectivity index (χ4v) is 4.16. The summed E-state index contributed by atoms with van der Waals surface area (Å²) < 4.78 is 7.37. The zero-order valence-electron chi connectivity index (χ0n) is 16.9. The quantitative estimate of drug-likeness (QED) is 0.389. The highest BCUT2D eigenvalue weighted by Crippen LogP contribution is 2.38. The lowest BCUT2D eigenvalue weighted by molar-refractivity contribution is 0.568. The predicted molar refractivity (Wildman–Crippen MR) is 118 cm³/mol. The molecule has 0 saturated heterocycles. The lowest BCUT2D eigenvalue weighted by Gasteiger charge is -2.07. The fourth-order valence-electron chi connectivity index (χ4n) is 3.21. The summed E-state index contributed by atoms with van der Waals surface area (Å²) in [6, 6.07) is 17.9. The van der Waals surface area contributed by atoms with Gasteiger partial charge in [-0.2, -0.15) is 0 Å². The third kappa shape index (κ3) is 3.85. The van der Waals surface area contributed by atoms with E-state index in [2.05, 4.69) is 30.8 Å². The Morgan fingerprint density at radius 1 is 0.935 bits per heavy atom. The second-order valence-corrected chi connectivity index (χ2v) is 7.98. The number of aryl methyl sites for hydroxylation is 1. The van der Waals surface area contributed by atoms with Gasteiger partial charge < -0.3 is 8.98 Å². The van der Waals surface area contributed by atoms with Gasteiger partial charge in [0.25, 0.3) is 0 Å². The second-order valence-electron chi connectivity index (χ2n) is 6.92. The Kier molecular flexibility index (Phi) is 5.05. The van der Waals surface area contributed by atoms with Gasteiger partial charge >= 0.3 is 0 Å². The Balaban J connectivity index is 1.60. The maximum Gasteiger partial charge on any atom is 0.247 e. The van der Waals surface area contributed by atoms with E-state index < -0.39 is 0 Å². The zero-order chi connectivity index (χ0) is 21.2. The van der Waals surface area contributed by atoms with Crippen LogP contribution in [-0.4, -0.2) is 29.7 Å². The van der Waals surface area contributed by atoms with Crippen LogP contribution in [0.25, 0.3) is 34.2 Å². The zero-order valence-corrected chi connectivity index (χ0v) is 17.7. The molecule has 0 aliphatic heterocycles.